The van der Waals surface area contributed by atoms with E-state index in [1.165, 1.54) is 0 Å². The molecule has 1 aromatic heterocycles. The fourth-order valence-corrected chi connectivity index (χ4v) is 1.16. The summed E-state index contributed by atoms with van der Waals surface area (Å²) in [6.07, 6.45) is 0.831. The Bertz CT molecular complexity index is 314. The first-order valence-corrected chi connectivity index (χ1v) is 5.21. The van der Waals surface area contributed by atoms with Crippen LogP contribution in [0, 0.1) is 5.92 Å². The van der Waals surface area contributed by atoms with Crippen molar-refractivity contribution in [2.75, 3.05) is 19.0 Å². The van der Waals surface area contributed by atoms with E-state index in [2.05, 4.69) is 34.1 Å². The Labute approximate surface area is 90.3 Å². The fraction of sp³-hybridized carbons (Fsp3) is 0.700. The number of hydrogen-bond donors (Lipinski definition) is 1. The van der Waals surface area contributed by atoms with Crippen LogP contribution in [0.1, 0.15) is 26.6 Å². The van der Waals surface area contributed by atoms with Gasteiger partial charge in [0.1, 0.15) is 5.82 Å². The highest BCUT2D eigenvalue weighted by atomic mass is 16.5. The van der Waals surface area contributed by atoms with E-state index in [4.69, 9.17) is 4.74 Å². The van der Waals surface area contributed by atoms with Crippen molar-refractivity contribution in [3.05, 3.63) is 5.82 Å². The zero-order valence-corrected chi connectivity index (χ0v) is 9.74. The summed E-state index contributed by atoms with van der Waals surface area (Å²) in [5.74, 6) is 1.85. The zero-order valence-electron chi connectivity index (χ0n) is 9.74. The molecule has 1 heterocycles. The second kappa shape index (κ2) is 5.48. The van der Waals surface area contributed by atoms with Gasteiger partial charge >= 0.3 is 6.01 Å². The van der Waals surface area contributed by atoms with Crippen LogP contribution in [-0.4, -0.2) is 28.6 Å². The standard InChI is InChI=1S/C10H18N4O/c1-5-15-10-13-8(6-7(2)3)12-9(11-4)14-10/h7H,5-6H2,1-4H3,(H,11,12,13,14). The smallest absolute Gasteiger partial charge is 0.321 e. The van der Waals surface area contributed by atoms with Crippen molar-refractivity contribution >= 4 is 5.95 Å². The molecule has 15 heavy (non-hydrogen) atoms. The van der Waals surface area contributed by atoms with Crippen LogP contribution in [-0.2, 0) is 6.42 Å². The zero-order chi connectivity index (χ0) is 11.3. The summed E-state index contributed by atoms with van der Waals surface area (Å²) in [5, 5.41) is 2.90. The normalized spacial score (nSPS) is 10.5. The molecule has 0 spiro atoms. The van der Waals surface area contributed by atoms with Crippen LogP contribution in [0.4, 0.5) is 5.95 Å². The third-order valence-electron chi connectivity index (χ3n) is 1.75. The molecule has 0 aromatic carbocycles. The van der Waals surface area contributed by atoms with Gasteiger partial charge in [0.25, 0.3) is 0 Å². The molecular weight excluding hydrogens is 192 g/mol. The fourth-order valence-electron chi connectivity index (χ4n) is 1.16. The largest absolute Gasteiger partial charge is 0.464 e. The minimum absolute atomic E-state index is 0.396. The molecule has 5 nitrogen and oxygen atoms in total. The molecule has 84 valence electrons. The van der Waals surface area contributed by atoms with Crippen LogP contribution < -0.4 is 10.1 Å². The summed E-state index contributed by atoms with van der Waals surface area (Å²) in [4.78, 5) is 12.6. The van der Waals surface area contributed by atoms with Gasteiger partial charge in [-0.25, -0.2) is 0 Å². The van der Waals surface area contributed by atoms with Crippen molar-refractivity contribution < 1.29 is 4.74 Å². The molecule has 0 amide bonds. The van der Waals surface area contributed by atoms with E-state index in [1.807, 2.05) is 6.92 Å². The molecule has 0 bridgehead atoms. The summed E-state index contributed by atoms with van der Waals surface area (Å²) >= 11 is 0. The summed E-state index contributed by atoms with van der Waals surface area (Å²) < 4.78 is 5.27. The number of hydrogen-bond acceptors (Lipinski definition) is 5. The predicted octanol–water partition coefficient (Wildman–Crippen LogP) is 1.51. The number of rotatable bonds is 5. The Kier molecular flexibility index (Phi) is 4.27. The second-order valence-electron chi connectivity index (χ2n) is 3.64. The minimum atomic E-state index is 0.396. The van der Waals surface area contributed by atoms with Crippen molar-refractivity contribution in [3.63, 3.8) is 0 Å². The quantitative estimate of drug-likeness (QED) is 0.798. The van der Waals surface area contributed by atoms with Gasteiger partial charge < -0.3 is 10.1 Å². The average molecular weight is 210 g/mol. The maximum Gasteiger partial charge on any atom is 0.321 e. The first kappa shape index (κ1) is 11.7. The highest BCUT2D eigenvalue weighted by Crippen LogP contribution is 2.10. The van der Waals surface area contributed by atoms with Crippen LogP contribution in [0.15, 0.2) is 0 Å². The van der Waals surface area contributed by atoms with Gasteiger partial charge in [-0.2, -0.15) is 15.0 Å². The van der Waals surface area contributed by atoms with Gasteiger partial charge in [0.15, 0.2) is 0 Å². The lowest BCUT2D eigenvalue weighted by Crippen LogP contribution is -2.08. The monoisotopic (exact) mass is 210 g/mol. The number of aromatic nitrogens is 3. The van der Waals surface area contributed by atoms with E-state index in [-0.39, 0.29) is 0 Å². The molecule has 0 aliphatic carbocycles. The number of nitrogens with one attached hydrogen (secondary N) is 1. The van der Waals surface area contributed by atoms with Gasteiger partial charge in [0.05, 0.1) is 6.61 Å². The van der Waals surface area contributed by atoms with E-state index >= 15 is 0 Å². The van der Waals surface area contributed by atoms with Gasteiger partial charge in [-0.05, 0) is 12.8 Å². The number of anilines is 1. The summed E-state index contributed by atoms with van der Waals surface area (Å²) in [7, 11) is 1.78. The maximum absolute atomic E-state index is 5.27. The summed E-state index contributed by atoms with van der Waals surface area (Å²) in [5.41, 5.74) is 0. The van der Waals surface area contributed by atoms with E-state index in [0.29, 0.717) is 24.5 Å². The van der Waals surface area contributed by atoms with E-state index < -0.39 is 0 Å². The Balaban J connectivity index is 2.89. The van der Waals surface area contributed by atoms with Crippen molar-refractivity contribution in [1.29, 1.82) is 0 Å². The molecule has 1 N–H and O–H groups in total. The third kappa shape index (κ3) is 3.69. The van der Waals surface area contributed by atoms with Crippen LogP contribution in [0.3, 0.4) is 0 Å². The van der Waals surface area contributed by atoms with Gasteiger partial charge in [0, 0.05) is 13.5 Å². The lowest BCUT2D eigenvalue weighted by Gasteiger charge is -2.07. The number of nitrogens with zero attached hydrogens (tertiary/aromatic N) is 3. The van der Waals surface area contributed by atoms with E-state index in [1.54, 1.807) is 7.05 Å². The first-order valence-electron chi connectivity index (χ1n) is 5.21. The van der Waals surface area contributed by atoms with Crippen LogP contribution in [0.25, 0.3) is 0 Å². The Morgan fingerprint density at radius 3 is 2.53 bits per heavy atom. The van der Waals surface area contributed by atoms with Gasteiger partial charge in [0.2, 0.25) is 5.95 Å². The van der Waals surface area contributed by atoms with Crippen molar-refractivity contribution in [2.24, 2.45) is 5.92 Å². The van der Waals surface area contributed by atoms with Gasteiger partial charge in [-0.3, -0.25) is 0 Å². The van der Waals surface area contributed by atoms with Crippen LogP contribution >= 0.6 is 0 Å². The van der Waals surface area contributed by atoms with Crippen molar-refractivity contribution in [3.8, 4) is 6.01 Å². The van der Waals surface area contributed by atoms with Gasteiger partial charge in [-0.1, -0.05) is 13.8 Å². The van der Waals surface area contributed by atoms with E-state index in [0.717, 1.165) is 12.2 Å². The average Bonchev–Trinajstić information content (AvgIpc) is 2.16. The van der Waals surface area contributed by atoms with Crippen molar-refractivity contribution in [1.82, 2.24) is 15.0 Å². The lowest BCUT2D eigenvalue weighted by atomic mass is 10.1. The Hall–Kier alpha value is -1.39. The highest BCUT2D eigenvalue weighted by Gasteiger charge is 2.07. The Morgan fingerprint density at radius 1 is 1.27 bits per heavy atom. The third-order valence-corrected chi connectivity index (χ3v) is 1.75. The van der Waals surface area contributed by atoms with Crippen molar-refractivity contribution in [2.45, 2.75) is 27.2 Å². The molecule has 0 aliphatic rings. The molecular formula is C10H18N4O. The first-order chi connectivity index (χ1) is 7.15. The molecule has 0 radical (unpaired) electrons. The van der Waals surface area contributed by atoms with Crippen LogP contribution in [0.2, 0.25) is 0 Å². The minimum Gasteiger partial charge on any atom is -0.464 e. The summed E-state index contributed by atoms with van der Waals surface area (Å²) in [6, 6.07) is 0.396. The SMILES string of the molecule is CCOc1nc(CC(C)C)nc(NC)n1. The molecule has 0 unspecified atom stereocenters. The second-order valence-corrected chi connectivity index (χ2v) is 3.64. The molecule has 0 saturated heterocycles. The molecule has 0 atom stereocenters. The molecule has 0 saturated carbocycles. The molecule has 1 rings (SSSR count). The lowest BCUT2D eigenvalue weighted by molar-refractivity contribution is 0.310. The highest BCUT2D eigenvalue weighted by molar-refractivity contribution is 5.24. The maximum atomic E-state index is 5.27. The Morgan fingerprint density at radius 2 is 2.00 bits per heavy atom. The molecule has 0 aliphatic heterocycles. The number of ether oxygens (including phenoxy) is 1. The van der Waals surface area contributed by atoms with Gasteiger partial charge in [-0.15, -0.1) is 0 Å². The van der Waals surface area contributed by atoms with E-state index in [9.17, 15) is 0 Å². The summed E-state index contributed by atoms with van der Waals surface area (Å²) in [6.45, 7) is 6.73. The molecule has 1 aromatic rings. The predicted molar refractivity (Wildman–Crippen MR) is 59.1 cm³/mol. The topological polar surface area (TPSA) is 59.9 Å². The molecule has 5 heteroatoms. The molecule has 0 fully saturated rings. The van der Waals surface area contributed by atoms with Crippen LogP contribution in [0.5, 0.6) is 6.01 Å².